The molecule has 0 spiro atoms. The minimum Gasteiger partial charge on any atom is -0.465 e. The van der Waals surface area contributed by atoms with E-state index in [1.54, 1.807) is 6.07 Å². The topological polar surface area (TPSA) is 68.5 Å². The molecule has 0 saturated carbocycles. The lowest BCUT2D eigenvalue weighted by Crippen LogP contribution is -2.49. The molecule has 0 radical (unpaired) electrons. The Morgan fingerprint density at radius 1 is 1.55 bits per heavy atom. The van der Waals surface area contributed by atoms with Gasteiger partial charge in [-0.3, -0.25) is 0 Å². The van der Waals surface area contributed by atoms with Gasteiger partial charge < -0.3 is 15.4 Å². The molecule has 1 aliphatic heterocycles. The van der Waals surface area contributed by atoms with Gasteiger partial charge in [0.15, 0.2) is 0 Å². The van der Waals surface area contributed by atoms with Crippen molar-refractivity contribution in [3.63, 3.8) is 0 Å². The van der Waals surface area contributed by atoms with Crippen molar-refractivity contribution in [1.29, 1.82) is 0 Å². The van der Waals surface area contributed by atoms with Crippen LogP contribution in [0.4, 0.5) is 5.82 Å². The van der Waals surface area contributed by atoms with Crippen molar-refractivity contribution in [3.05, 3.63) is 23.4 Å². The molecule has 0 aliphatic carbocycles. The number of aromatic nitrogens is 1. The predicted molar refractivity (Wildman–Crippen MR) is 78.9 cm³/mol. The van der Waals surface area contributed by atoms with Crippen molar-refractivity contribution in [2.24, 2.45) is 11.7 Å². The number of anilines is 1. The zero-order valence-electron chi connectivity index (χ0n) is 12.4. The lowest BCUT2D eigenvalue weighted by atomic mass is 9.91. The fraction of sp³-hybridized carbons (Fsp3) is 0.600. The lowest BCUT2D eigenvalue weighted by Gasteiger charge is -2.40. The van der Waals surface area contributed by atoms with Crippen molar-refractivity contribution < 1.29 is 9.53 Å². The summed E-state index contributed by atoms with van der Waals surface area (Å²) in [6, 6.07) is 4.00. The van der Waals surface area contributed by atoms with Crippen LogP contribution in [-0.4, -0.2) is 37.2 Å². The van der Waals surface area contributed by atoms with Gasteiger partial charge in [0.2, 0.25) is 0 Å². The third kappa shape index (κ3) is 2.77. The van der Waals surface area contributed by atoms with Crippen molar-refractivity contribution in [2.75, 3.05) is 25.1 Å². The van der Waals surface area contributed by atoms with Crippen LogP contribution < -0.4 is 10.6 Å². The molecular formula is C15H23N3O2. The predicted octanol–water partition coefficient (Wildman–Crippen LogP) is 1.74. The minimum atomic E-state index is -0.344. The van der Waals surface area contributed by atoms with E-state index in [2.05, 4.69) is 16.8 Å². The minimum absolute atomic E-state index is 0.319. The van der Waals surface area contributed by atoms with Crippen molar-refractivity contribution in [1.82, 2.24) is 4.98 Å². The molecule has 1 aliphatic rings. The highest BCUT2D eigenvalue weighted by Crippen LogP contribution is 2.27. The Morgan fingerprint density at radius 3 is 2.90 bits per heavy atom. The first kappa shape index (κ1) is 14.8. The van der Waals surface area contributed by atoms with Crippen LogP contribution in [0.25, 0.3) is 0 Å². The number of nitrogens with zero attached hydrogens (tertiary/aromatic N) is 2. The van der Waals surface area contributed by atoms with E-state index in [4.69, 9.17) is 10.5 Å². The van der Waals surface area contributed by atoms with Gasteiger partial charge in [-0.25, -0.2) is 9.78 Å². The van der Waals surface area contributed by atoms with Gasteiger partial charge in [0.1, 0.15) is 5.82 Å². The van der Waals surface area contributed by atoms with E-state index >= 15 is 0 Å². The van der Waals surface area contributed by atoms with Crippen LogP contribution in [0, 0.1) is 12.8 Å². The highest BCUT2D eigenvalue weighted by molar-refractivity contribution is 5.90. The van der Waals surface area contributed by atoms with E-state index in [1.165, 1.54) is 13.5 Å². The molecule has 1 aromatic rings. The first-order chi connectivity index (χ1) is 9.58. The monoisotopic (exact) mass is 277 g/mol. The molecule has 2 unspecified atom stereocenters. The number of pyridine rings is 1. The molecular weight excluding hydrogens is 254 g/mol. The number of rotatable bonds is 3. The Balaban J connectivity index is 2.28. The van der Waals surface area contributed by atoms with E-state index in [9.17, 15) is 4.79 Å². The quantitative estimate of drug-likeness (QED) is 0.852. The fourth-order valence-electron chi connectivity index (χ4n) is 2.93. The number of carbonyl (C=O) groups excluding carboxylic acids is 1. The molecule has 0 amide bonds. The second-order valence-corrected chi connectivity index (χ2v) is 5.41. The van der Waals surface area contributed by atoms with Crippen LogP contribution >= 0.6 is 0 Å². The summed E-state index contributed by atoms with van der Waals surface area (Å²) in [6.45, 7) is 5.66. The summed E-state index contributed by atoms with van der Waals surface area (Å²) >= 11 is 0. The van der Waals surface area contributed by atoms with Crippen LogP contribution in [0.3, 0.4) is 0 Å². The number of hydrogen-bond acceptors (Lipinski definition) is 5. The van der Waals surface area contributed by atoms with Gasteiger partial charge in [-0.2, -0.15) is 0 Å². The summed E-state index contributed by atoms with van der Waals surface area (Å²) in [5, 5.41) is 0. The Labute approximate surface area is 120 Å². The molecule has 1 fully saturated rings. The average molecular weight is 277 g/mol. The van der Waals surface area contributed by atoms with E-state index in [-0.39, 0.29) is 5.97 Å². The van der Waals surface area contributed by atoms with E-state index in [0.717, 1.165) is 18.8 Å². The van der Waals surface area contributed by atoms with Gasteiger partial charge in [0.25, 0.3) is 0 Å². The van der Waals surface area contributed by atoms with Crippen molar-refractivity contribution >= 4 is 11.8 Å². The Bertz CT molecular complexity index is 490. The molecule has 5 heteroatoms. The third-order valence-electron chi connectivity index (χ3n) is 4.13. The van der Waals surface area contributed by atoms with Crippen LogP contribution in [0.1, 0.15) is 35.8 Å². The number of ether oxygens (including phenoxy) is 1. The molecule has 2 atom stereocenters. The highest BCUT2D eigenvalue weighted by atomic mass is 16.5. The van der Waals surface area contributed by atoms with Gasteiger partial charge in [-0.1, -0.05) is 6.92 Å². The Morgan fingerprint density at radius 2 is 2.30 bits per heavy atom. The largest absolute Gasteiger partial charge is 0.465 e. The molecule has 0 aromatic carbocycles. The fourth-order valence-corrected chi connectivity index (χ4v) is 2.93. The van der Waals surface area contributed by atoms with Crippen LogP contribution in [-0.2, 0) is 4.74 Å². The van der Waals surface area contributed by atoms with E-state index in [1.807, 2.05) is 13.0 Å². The molecule has 1 saturated heterocycles. The van der Waals surface area contributed by atoms with Crippen molar-refractivity contribution in [2.45, 2.75) is 32.7 Å². The SMILES string of the molecule is COC(=O)c1ccc(N2CCCC(C)C2CN)nc1C. The second kappa shape index (κ2) is 6.22. The smallest absolute Gasteiger partial charge is 0.339 e. The summed E-state index contributed by atoms with van der Waals surface area (Å²) in [7, 11) is 1.38. The molecule has 110 valence electrons. The zero-order valence-corrected chi connectivity index (χ0v) is 12.4. The van der Waals surface area contributed by atoms with Gasteiger partial charge in [-0.05, 0) is 37.8 Å². The summed E-state index contributed by atoms with van der Waals surface area (Å²) in [6.07, 6.45) is 2.36. The molecule has 20 heavy (non-hydrogen) atoms. The maximum Gasteiger partial charge on any atom is 0.339 e. The van der Waals surface area contributed by atoms with Crippen LogP contribution in [0.2, 0.25) is 0 Å². The summed E-state index contributed by atoms with van der Waals surface area (Å²) in [5.74, 6) is 1.12. The standard InChI is InChI=1S/C15H23N3O2/c1-10-5-4-8-18(13(10)9-16)14-7-6-12(11(2)17-14)15(19)20-3/h6-7,10,13H,4-5,8-9,16H2,1-3H3. The lowest BCUT2D eigenvalue weighted by molar-refractivity contribution is 0.0599. The van der Waals surface area contributed by atoms with Gasteiger partial charge in [0.05, 0.1) is 18.4 Å². The first-order valence-corrected chi connectivity index (χ1v) is 7.11. The molecule has 5 nitrogen and oxygen atoms in total. The van der Waals surface area contributed by atoms with E-state index in [0.29, 0.717) is 29.8 Å². The molecule has 2 rings (SSSR count). The van der Waals surface area contributed by atoms with E-state index < -0.39 is 0 Å². The maximum atomic E-state index is 11.6. The molecule has 1 aromatic heterocycles. The van der Waals surface area contributed by atoms with Gasteiger partial charge in [0, 0.05) is 19.1 Å². The number of aryl methyl sites for hydroxylation is 1. The van der Waals surface area contributed by atoms with Crippen molar-refractivity contribution in [3.8, 4) is 0 Å². The molecule has 2 N–H and O–H groups in total. The van der Waals surface area contributed by atoms with Gasteiger partial charge >= 0.3 is 5.97 Å². The number of carbonyl (C=O) groups is 1. The second-order valence-electron chi connectivity index (χ2n) is 5.41. The van der Waals surface area contributed by atoms with Crippen LogP contribution in [0.15, 0.2) is 12.1 Å². The average Bonchev–Trinajstić information content (AvgIpc) is 2.46. The number of methoxy groups -OCH3 is 1. The zero-order chi connectivity index (χ0) is 14.7. The van der Waals surface area contributed by atoms with Gasteiger partial charge in [-0.15, -0.1) is 0 Å². The third-order valence-corrected chi connectivity index (χ3v) is 4.13. The number of piperidine rings is 1. The summed E-state index contributed by atoms with van der Waals surface area (Å²) < 4.78 is 4.75. The number of hydrogen-bond donors (Lipinski definition) is 1. The maximum absolute atomic E-state index is 11.6. The Hall–Kier alpha value is -1.62. The molecule has 0 bridgehead atoms. The van der Waals surface area contributed by atoms with Crippen LogP contribution in [0.5, 0.6) is 0 Å². The first-order valence-electron chi connectivity index (χ1n) is 7.11. The summed E-state index contributed by atoms with van der Waals surface area (Å²) in [4.78, 5) is 18.4. The normalized spacial score (nSPS) is 22.7. The highest BCUT2D eigenvalue weighted by Gasteiger charge is 2.28. The Kier molecular flexibility index (Phi) is 4.60. The summed E-state index contributed by atoms with van der Waals surface area (Å²) in [5.41, 5.74) is 7.13. The number of esters is 1. The molecule has 2 heterocycles. The number of nitrogens with two attached hydrogens (primary N) is 1.